The molecule has 1 atom stereocenters. The SMILES string of the molecule is O=C(Cn1ccc2ccccc21)N1CC[C@@H](n2cc(C3CC3)nn2)C1. The fourth-order valence-corrected chi connectivity index (χ4v) is 3.74. The van der Waals surface area contributed by atoms with Crippen LogP contribution >= 0.6 is 0 Å². The molecule has 0 unspecified atom stereocenters. The number of hydrogen-bond donors (Lipinski definition) is 0. The highest BCUT2D eigenvalue weighted by atomic mass is 16.2. The lowest BCUT2D eigenvalue weighted by Gasteiger charge is -2.17. The van der Waals surface area contributed by atoms with Crippen LogP contribution in [0.25, 0.3) is 10.9 Å². The number of benzene rings is 1. The monoisotopic (exact) mass is 335 g/mol. The van der Waals surface area contributed by atoms with E-state index in [1.165, 1.54) is 18.2 Å². The number of amides is 1. The number of nitrogens with zero attached hydrogens (tertiary/aromatic N) is 5. The van der Waals surface area contributed by atoms with Crippen LogP contribution in [0, 0.1) is 0 Å². The molecule has 2 fully saturated rings. The van der Waals surface area contributed by atoms with Crippen LogP contribution in [0.3, 0.4) is 0 Å². The Morgan fingerprint density at radius 1 is 1.16 bits per heavy atom. The molecule has 2 aromatic heterocycles. The van der Waals surface area contributed by atoms with Crippen LogP contribution in [-0.4, -0.2) is 43.5 Å². The minimum absolute atomic E-state index is 0.173. The van der Waals surface area contributed by atoms with E-state index in [-0.39, 0.29) is 11.9 Å². The van der Waals surface area contributed by atoms with Gasteiger partial charge in [-0.15, -0.1) is 5.10 Å². The molecule has 0 spiro atoms. The smallest absolute Gasteiger partial charge is 0.242 e. The lowest BCUT2D eigenvalue weighted by molar-refractivity contribution is -0.130. The number of fused-ring (bicyclic) bond motifs is 1. The lowest BCUT2D eigenvalue weighted by Crippen LogP contribution is -2.32. The van der Waals surface area contributed by atoms with Gasteiger partial charge in [0, 0.05) is 36.9 Å². The first-order chi connectivity index (χ1) is 12.3. The Bertz CT molecular complexity index is 923. The summed E-state index contributed by atoms with van der Waals surface area (Å²) in [5.74, 6) is 0.793. The van der Waals surface area contributed by atoms with Crippen LogP contribution in [0.15, 0.2) is 42.7 Å². The van der Waals surface area contributed by atoms with Crippen LogP contribution < -0.4 is 0 Å². The Kier molecular flexibility index (Phi) is 3.36. The van der Waals surface area contributed by atoms with E-state index in [1.54, 1.807) is 0 Å². The molecule has 2 aliphatic rings. The fourth-order valence-electron chi connectivity index (χ4n) is 3.74. The Balaban J connectivity index is 1.26. The van der Waals surface area contributed by atoms with Crippen molar-refractivity contribution in [3.8, 4) is 0 Å². The molecule has 1 saturated heterocycles. The highest BCUT2D eigenvalue weighted by Crippen LogP contribution is 2.39. The number of likely N-dealkylation sites (tertiary alicyclic amines) is 1. The van der Waals surface area contributed by atoms with Crippen molar-refractivity contribution in [3.05, 3.63) is 48.4 Å². The Labute approximate surface area is 146 Å². The number of hydrogen-bond acceptors (Lipinski definition) is 3. The van der Waals surface area contributed by atoms with Crippen molar-refractivity contribution >= 4 is 16.8 Å². The molecule has 1 amide bonds. The molecule has 0 bridgehead atoms. The molecule has 25 heavy (non-hydrogen) atoms. The van der Waals surface area contributed by atoms with Gasteiger partial charge in [-0.05, 0) is 36.8 Å². The molecule has 6 nitrogen and oxygen atoms in total. The Hall–Kier alpha value is -2.63. The summed E-state index contributed by atoms with van der Waals surface area (Å²) in [5.41, 5.74) is 2.22. The van der Waals surface area contributed by atoms with Crippen molar-refractivity contribution < 1.29 is 4.79 Å². The molecule has 1 aromatic carbocycles. The van der Waals surface area contributed by atoms with E-state index in [0.29, 0.717) is 12.5 Å². The summed E-state index contributed by atoms with van der Waals surface area (Å²) in [5, 5.41) is 9.76. The van der Waals surface area contributed by atoms with E-state index >= 15 is 0 Å². The van der Waals surface area contributed by atoms with E-state index in [1.807, 2.05) is 32.5 Å². The summed E-state index contributed by atoms with van der Waals surface area (Å²) in [4.78, 5) is 14.7. The first-order valence-corrected chi connectivity index (χ1v) is 9.01. The second-order valence-corrected chi connectivity index (χ2v) is 7.18. The zero-order chi connectivity index (χ0) is 16.8. The topological polar surface area (TPSA) is 56.0 Å². The van der Waals surface area contributed by atoms with E-state index in [2.05, 4.69) is 34.7 Å². The average Bonchev–Trinajstić information content (AvgIpc) is 3.04. The van der Waals surface area contributed by atoms with Gasteiger partial charge in [-0.3, -0.25) is 4.79 Å². The van der Waals surface area contributed by atoms with Gasteiger partial charge in [-0.25, -0.2) is 4.68 Å². The summed E-state index contributed by atoms with van der Waals surface area (Å²) in [6.07, 6.45) is 7.49. The van der Waals surface area contributed by atoms with Gasteiger partial charge < -0.3 is 9.47 Å². The molecule has 1 aliphatic heterocycles. The minimum Gasteiger partial charge on any atom is -0.339 e. The lowest BCUT2D eigenvalue weighted by atomic mass is 10.2. The predicted octanol–water partition coefficient (Wildman–Crippen LogP) is 2.58. The molecular formula is C19H21N5O. The second kappa shape index (κ2) is 5.72. The Morgan fingerprint density at radius 3 is 2.92 bits per heavy atom. The van der Waals surface area contributed by atoms with Crippen LogP contribution in [0.2, 0.25) is 0 Å². The van der Waals surface area contributed by atoms with Crippen molar-refractivity contribution in [1.82, 2.24) is 24.5 Å². The maximum Gasteiger partial charge on any atom is 0.242 e. The van der Waals surface area contributed by atoms with Gasteiger partial charge in [0.05, 0.1) is 11.7 Å². The number of carbonyl (C=O) groups is 1. The predicted molar refractivity (Wildman–Crippen MR) is 94.2 cm³/mol. The van der Waals surface area contributed by atoms with Gasteiger partial charge in [0.15, 0.2) is 0 Å². The minimum atomic E-state index is 0.173. The number of carbonyl (C=O) groups excluding carboxylic acids is 1. The maximum atomic E-state index is 12.7. The quantitative estimate of drug-likeness (QED) is 0.736. The zero-order valence-electron chi connectivity index (χ0n) is 14.1. The van der Waals surface area contributed by atoms with Gasteiger partial charge >= 0.3 is 0 Å². The van der Waals surface area contributed by atoms with Gasteiger partial charge in [-0.2, -0.15) is 0 Å². The molecule has 0 radical (unpaired) electrons. The Morgan fingerprint density at radius 2 is 2.04 bits per heavy atom. The van der Waals surface area contributed by atoms with Crippen LogP contribution in [-0.2, 0) is 11.3 Å². The van der Waals surface area contributed by atoms with Crippen molar-refractivity contribution in [2.75, 3.05) is 13.1 Å². The largest absolute Gasteiger partial charge is 0.339 e. The molecule has 0 N–H and O–H groups in total. The molecule has 128 valence electrons. The fraction of sp³-hybridized carbons (Fsp3) is 0.421. The number of para-hydroxylation sites is 1. The van der Waals surface area contributed by atoms with E-state index < -0.39 is 0 Å². The van der Waals surface area contributed by atoms with Crippen molar-refractivity contribution in [3.63, 3.8) is 0 Å². The first-order valence-electron chi connectivity index (χ1n) is 9.01. The van der Waals surface area contributed by atoms with Gasteiger partial charge in [-0.1, -0.05) is 23.4 Å². The zero-order valence-corrected chi connectivity index (χ0v) is 14.1. The molecule has 1 aliphatic carbocycles. The van der Waals surface area contributed by atoms with Crippen molar-refractivity contribution in [1.29, 1.82) is 0 Å². The van der Waals surface area contributed by atoms with E-state index in [9.17, 15) is 4.79 Å². The molecule has 6 heteroatoms. The van der Waals surface area contributed by atoms with Crippen LogP contribution in [0.1, 0.15) is 36.9 Å². The van der Waals surface area contributed by atoms with Gasteiger partial charge in [0.2, 0.25) is 5.91 Å². The van der Waals surface area contributed by atoms with E-state index in [0.717, 1.165) is 30.7 Å². The number of rotatable bonds is 4. The third-order valence-corrected chi connectivity index (χ3v) is 5.40. The summed E-state index contributed by atoms with van der Waals surface area (Å²) in [6.45, 7) is 1.91. The summed E-state index contributed by atoms with van der Waals surface area (Å²) >= 11 is 0. The standard InChI is InChI=1S/C19H21N5O/c25-19(13-22-9-7-15-3-1-2-4-18(15)22)23-10-8-16(11-23)24-12-17(20-21-24)14-5-6-14/h1-4,7,9,12,14,16H,5-6,8,10-11,13H2/t16-/m1/s1. The average molecular weight is 335 g/mol. The van der Waals surface area contributed by atoms with Gasteiger partial charge in [0.25, 0.3) is 0 Å². The number of aromatic nitrogens is 4. The maximum absolute atomic E-state index is 12.7. The van der Waals surface area contributed by atoms with Crippen molar-refractivity contribution in [2.45, 2.75) is 37.8 Å². The third-order valence-electron chi connectivity index (χ3n) is 5.40. The third kappa shape index (κ3) is 2.71. The highest BCUT2D eigenvalue weighted by Gasteiger charge is 2.31. The molecular weight excluding hydrogens is 314 g/mol. The molecule has 3 aromatic rings. The summed E-state index contributed by atoms with van der Waals surface area (Å²) in [7, 11) is 0. The summed E-state index contributed by atoms with van der Waals surface area (Å²) < 4.78 is 4.00. The molecule has 5 rings (SSSR count). The highest BCUT2D eigenvalue weighted by molar-refractivity contribution is 5.83. The normalized spacial score (nSPS) is 20.5. The first kappa shape index (κ1) is 14.7. The van der Waals surface area contributed by atoms with Crippen LogP contribution in [0.5, 0.6) is 0 Å². The van der Waals surface area contributed by atoms with Crippen molar-refractivity contribution in [2.24, 2.45) is 0 Å². The molecule has 3 heterocycles. The van der Waals surface area contributed by atoms with E-state index in [4.69, 9.17) is 0 Å². The second-order valence-electron chi connectivity index (χ2n) is 7.18. The van der Waals surface area contributed by atoms with Crippen LogP contribution in [0.4, 0.5) is 0 Å². The van der Waals surface area contributed by atoms with Gasteiger partial charge in [0.1, 0.15) is 6.54 Å². The molecule has 1 saturated carbocycles. The summed E-state index contributed by atoms with van der Waals surface area (Å²) in [6, 6.07) is 10.5.